The molecule has 0 saturated carbocycles. The minimum Gasteiger partial charge on any atom is -1.00 e. The van der Waals surface area contributed by atoms with Gasteiger partial charge in [-0.15, -0.1) is 0 Å². The van der Waals surface area contributed by atoms with E-state index in [0.717, 1.165) is 11.0 Å². The number of nitrogens with zero attached hydrogens (tertiary/aromatic N) is 2. The summed E-state index contributed by atoms with van der Waals surface area (Å²) in [6, 6.07) is 23.6. The zero-order valence-corrected chi connectivity index (χ0v) is 17.0. The maximum absolute atomic E-state index is 2.38. The van der Waals surface area contributed by atoms with E-state index in [4.69, 9.17) is 0 Å². The summed E-state index contributed by atoms with van der Waals surface area (Å²) in [5, 5.41) is 0. The maximum atomic E-state index is 2.38. The average molecular weight is 432 g/mol. The zero-order valence-electron chi connectivity index (χ0n) is 14.8. The molecule has 0 aliphatic carbocycles. The van der Waals surface area contributed by atoms with Crippen LogP contribution in [-0.4, -0.2) is 30.2 Å². The third-order valence-corrected chi connectivity index (χ3v) is 4.08. The first kappa shape index (κ1) is 18.7. The molecule has 0 spiro atoms. The van der Waals surface area contributed by atoms with Gasteiger partial charge in [-0.2, -0.15) is 0 Å². The summed E-state index contributed by atoms with van der Waals surface area (Å²) < 4.78 is 3.30. The van der Waals surface area contributed by atoms with Crippen molar-refractivity contribution in [2.24, 2.45) is 0 Å². The van der Waals surface area contributed by atoms with Gasteiger partial charge in [0.2, 0.25) is 0 Å². The van der Waals surface area contributed by atoms with Gasteiger partial charge in [-0.25, -0.2) is 0 Å². The van der Waals surface area contributed by atoms with Crippen LogP contribution >= 0.6 is 0 Å². The summed E-state index contributed by atoms with van der Waals surface area (Å²) in [7, 11) is 6.71. The molecule has 0 aliphatic rings. The van der Waals surface area contributed by atoms with Gasteiger partial charge in [0, 0.05) is 16.9 Å². The molecule has 1 aromatic heterocycles. The lowest BCUT2D eigenvalue weighted by Crippen LogP contribution is -3.00. The molecule has 0 unspecified atom stereocenters. The molecular weight excluding hydrogens is 407 g/mol. The van der Waals surface area contributed by atoms with Gasteiger partial charge in [-0.1, -0.05) is 48.5 Å². The molecule has 126 valence electrons. The molecule has 2 aromatic carbocycles. The second-order valence-electron chi connectivity index (χ2n) is 7.13. The molecule has 0 aliphatic heterocycles. The van der Waals surface area contributed by atoms with Crippen LogP contribution in [0, 0.1) is 6.92 Å². The van der Waals surface area contributed by atoms with Gasteiger partial charge in [0.25, 0.3) is 0 Å². The number of hydrogen-bond acceptors (Lipinski definition) is 0. The molecule has 0 N–H and O–H groups in total. The van der Waals surface area contributed by atoms with Crippen LogP contribution in [-0.2, 0) is 6.54 Å². The van der Waals surface area contributed by atoms with Crippen molar-refractivity contribution in [2.45, 2.75) is 13.5 Å². The second kappa shape index (κ2) is 7.53. The Morgan fingerprint density at radius 1 is 0.833 bits per heavy atom. The van der Waals surface area contributed by atoms with Gasteiger partial charge in [0.15, 0.2) is 0 Å². The summed E-state index contributed by atoms with van der Waals surface area (Å²) in [6.45, 7) is 3.25. The van der Waals surface area contributed by atoms with Gasteiger partial charge in [-0.05, 0) is 30.7 Å². The van der Waals surface area contributed by atoms with Gasteiger partial charge >= 0.3 is 0 Å². The van der Waals surface area contributed by atoms with Crippen LogP contribution in [0.15, 0.2) is 66.7 Å². The molecule has 24 heavy (non-hydrogen) atoms. The summed E-state index contributed by atoms with van der Waals surface area (Å²) in [4.78, 5) is 0. The van der Waals surface area contributed by atoms with Crippen molar-refractivity contribution in [1.29, 1.82) is 0 Å². The lowest BCUT2D eigenvalue weighted by molar-refractivity contribution is -0.884. The highest BCUT2D eigenvalue weighted by molar-refractivity contribution is 5.65. The third-order valence-electron chi connectivity index (χ3n) is 4.08. The molecule has 0 bridgehead atoms. The van der Waals surface area contributed by atoms with Gasteiger partial charge < -0.3 is 33.0 Å². The van der Waals surface area contributed by atoms with Crippen LogP contribution < -0.4 is 24.0 Å². The van der Waals surface area contributed by atoms with Crippen molar-refractivity contribution in [3.63, 3.8) is 0 Å². The van der Waals surface area contributed by atoms with E-state index in [9.17, 15) is 0 Å². The first-order valence-electron chi connectivity index (χ1n) is 8.08. The van der Waals surface area contributed by atoms with Crippen LogP contribution in [0.3, 0.4) is 0 Å². The Morgan fingerprint density at radius 3 is 1.92 bits per heavy atom. The van der Waals surface area contributed by atoms with E-state index in [1.807, 2.05) is 0 Å². The SMILES string of the molecule is Cc1c(C[N+](C)(C)C)cc(-c2ccccc2)n1-c1ccccc1.[I-]. The molecule has 1 heterocycles. The Kier molecular flexibility index (Phi) is 5.88. The van der Waals surface area contributed by atoms with E-state index >= 15 is 0 Å². The summed E-state index contributed by atoms with van der Waals surface area (Å²) in [6.07, 6.45) is 0. The molecule has 0 saturated heterocycles. The number of benzene rings is 2. The van der Waals surface area contributed by atoms with E-state index in [2.05, 4.69) is 99.4 Å². The first-order valence-corrected chi connectivity index (χ1v) is 8.08. The van der Waals surface area contributed by atoms with Crippen LogP contribution in [0.2, 0.25) is 0 Å². The first-order chi connectivity index (χ1) is 11.0. The largest absolute Gasteiger partial charge is 1.00 e. The monoisotopic (exact) mass is 432 g/mol. The molecule has 0 radical (unpaired) electrons. The van der Waals surface area contributed by atoms with Crippen molar-refractivity contribution in [1.82, 2.24) is 4.57 Å². The van der Waals surface area contributed by atoms with Crippen molar-refractivity contribution >= 4 is 0 Å². The molecule has 3 rings (SSSR count). The van der Waals surface area contributed by atoms with Crippen LogP contribution in [0.4, 0.5) is 0 Å². The Bertz CT molecular complexity index is 784. The average Bonchev–Trinajstić information content (AvgIpc) is 2.84. The Labute approximate surface area is 162 Å². The van der Waals surface area contributed by atoms with Crippen LogP contribution in [0.5, 0.6) is 0 Å². The van der Waals surface area contributed by atoms with Gasteiger partial charge in [0.1, 0.15) is 6.54 Å². The smallest absolute Gasteiger partial charge is 0.106 e. The molecule has 2 nitrogen and oxygen atoms in total. The van der Waals surface area contributed by atoms with Crippen LogP contribution in [0.1, 0.15) is 11.3 Å². The minimum atomic E-state index is 0. The van der Waals surface area contributed by atoms with E-state index in [1.54, 1.807) is 0 Å². The molecule has 0 atom stereocenters. The van der Waals surface area contributed by atoms with Crippen molar-refractivity contribution < 1.29 is 28.5 Å². The molecular formula is C21H25IN2. The quantitative estimate of drug-likeness (QED) is 0.437. The fourth-order valence-corrected chi connectivity index (χ4v) is 3.06. The molecule has 3 aromatic rings. The number of rotatable bonds is 4. The maximum Gasteiger partial charge on any atom is 0.106 e. The number of aromatic nitrogens is 1. The van der Waals surface area contributed by atoms with Crippen molar-refractivity contribution in [3.8, 4) is 16.9 Å². The summed E-state index contributed by atoms with van der Waals surface area (Å²) in [5.41, 5.74) is 6.46. The summed E-state index contributed by atoms with van der Waals surface area (Å²) >= 11 is 0. The predicted octanol–water partition coefficient (Wildman–Crippen LogP) is 1.66. The highest BCUT2D eigenvalue weighted by atomic mass is 127. The number of hydrogen-bond donors (Lipinski definition) is 0. The fraction of sp³-hybridized carbons (Fsp3) is 0.238. The normalized spacial score (nSPS) is 11.2. The van der Waals surface area contributed by atoms with E-state index < -0.39 is 0 Å². The molecule has 3 heteroatoms. The Morgan fingerprint density at radius 2 is 1.38 bits per heavy atom. The zero-order chi connectivity index (χ0) is 16.4. The predicted molar refractivity (Wildman–Crippen MR) is 97.7 cm³/mol. The van der Waals surface area contributed by atoms with Gasteiger partial charge in [0.05, 0.1) is 26.8 Å². The van der Waals surface area contributed by atoms with Crippen molar-refractivity contribution in [3.05, 3.63) is 78.0 Å². The Balaban J connectivity index is 0.00000208. The number of halogens is 1. The van der Waals surface area contributed by atoms with Crippen LogP contribution in [0.25, 0.3) is 16.9 Å². The number of para-hydroxylation sites is 1. The molecule has 0 amide bonds. The lowest BCUT2D eigenvalue weighted by atomic mass is 10.1. The second-order valence-corrected chi connectivity index (χ2v) is 7.13. The lowest BCUT2D eigenvalue weighted by Gasteiger charge is -2.23. The highest BCUT2D eigenvalue weighted by Gasteiger charge is 2.19. The number of quaternary nitrogens is 1. The van der Waals surface area contributed by atoms with Crippen molar-refractivity contribution in [2.75, 3.05) is 21.1 Å². The Hall–Kier alpha value is -1.59. The van der Waals surface area contributed by atoms with Gasteiger partial charge in [-0.3, -0.25) is 0 Å². The fourth-order valence-electron chi connectivity index (χ4n) is 3.06. The van der Waals surface area contributed by atoms with E-state index in [-0.39, 0.29) is 24.0 Å². The standard InChI is InChI=1S/C21H25N2.HI/c1-17-19(16-23(2,3)4)15-21(18-11-7-5-8-12-18)22(17)20-13-9-6-10-14-20;/h5-15H,16H2,1-4H3;1H/q+1;/p-1. The topological polar surface area (TPSA) is 4.93 Å². The molecule has 0 fully saturated rings. The third kappa shape index (κ3) is 4.08. The summed E-state index contributed by atoms with van der Waals surface area (Å²) in [5.74, 6) is 0. The van der Waals surface area contributed by atoms with E-state index in [1.165, 1.54) is 28.2 Å². The van der Waals surface area contributed by atoms with E-state index in [0.29, 0.717) is 0 Å². The minimum absolute atomic E-state index is 0. The highest BCUT2D eigenvalue weighted by Crippen LogP contribution is 2.30.